The zero-order chi connectivity index (χ0) is 32.4. The molecule has 0 aliphatic heterocycles. The van der Waals surface area contributed by atoms with Gasteiger partial charge in [0.1, 0.15) is 23.0 Å². The van der Waals surface area contributed by atoms with Gasteiger partial charge in [0.15, 0.2) is 0 Å². The summed E-state index contributed by atoms with van der Waals surface area (Å²) in [5.41, 5.74) is 5.23. The van der Waals surface area contributed by atoms with Gasteiger partial charge in [-0.05, 0) is 96.7 Å². The van der Waals surface area contributed by atoms with Gasteiger partial charge >= 0.3 is 0 Å². The van der Waals surface area contributed by atoms with Gasteiger partial charge in [0.05, 0.1) is 28.4 Å². The molecule has 46 heavy (non-hydrogen) atoms. The van der Waals surface area contributed by atoms with Crippen molar-refractivity contribution < 1.29 is 18.9 Å². The topological polar surface area (TPSA) is 43.4 Å². The molecule has 0 bridgehead atoms. The summed E-state index contributed by atoms with van der Waals surface area (Å²) in [6, 6.07) is 33.8. The molecule has 6 heteroatoms. The lowest BCUT2D eigenvalue weighted by atomic mass is 10.1. The summed E-state index contributed by atoms with van der Waals surface area (Å²) < 4.78 is 21.4. The summed E-state index contributed by atoms with van der Waals surface area (Å²) in [6.45, 7) is 5.86. The Kier molecular flexibility index (Phi) is 14.8. The Balaban J connectivity index is 1.22. The van der Waals surface area contributed by atoms with Crippen molar-refractivity contribution in [3.8, 4) is 23.0 Å². The van der Waals surface area contributed by atoms with Crippen molar-refractivity contribution in [3.63, 3.8) is 0 Å². The van der Waals surface area contributed by atoms with Crippen LogP contribution in [0.1, 0.15) is 60.8 Å². The summed E-state index contributed by atoms with van der Waals surface area (Å²) in [5, 5.41) is 0. The Bertz CT molecular complexity index is 1170. The van der Waals surface area contributed by atoms with Crippen LogP contribution in [0.15, 0.2) is 97.1 Å². The lowest BCUT2D eigenvalue weighted by molar-refractivity contribution is 0.246. The van der Waals surface area contributed by atoms with E-state index in [4.69, 9.17) is 18.9 Å². The molecule has 0 N–H and O–H groups in total. The van der Waals surface area contributed by atoms with Gasteiger partial charge in [-0.2, -0.15) is 0 Å². The fraction of sp³-hybridized carbons (Fsp3) is 0.400. The molecule has 0 unspecified atom stereocenters. The normalized spacial score (nSPS) is 11.2. The van der Waals surface area contributed by atoms with Crippen LogP contribution in [0.25, 0.3) is 0 Å². The van der Waals surface area contributed by atoms with Crippen LogP contribution in [-0.4, -0.2) is 51.3 Å². The molecule has 246 valence electrons. The summed E-state index contributed by atoms with van der Waals surface area (Å²) in [5.74, 6) is 3.59. The SMILES string of the molecule is COc1ccc(CN(CCCCCCCCN(Cc2ccc(OC)cc2)Cc2ccc(OC)cc2)Cc2ccc(OC)cc2)cc1. The molecule has 0 spiro atoms. The van der Waals surface area contributed by atoms with Gasteiger partial charge in [-0.1, -0.05) is 74.2 Å². The highest BCUT2D eigenvalue weighted by Crippen LogP contribution is 2.20. The molecular formula is C40H52N2O4. The summed E-state index contributed by atoms with van der Waals surface area (Å²) in [6.07, 6.45) is 7.46. The first-order chi connectivity index (χ1) is 22.6. The molecule has 4 aromatic rings. The second-order valence-electron chi connectivity index (χ2n) is 11.9. The maximum absolute atomic E-state index is 5.36. The third-order valence-electron chi connectivity index (χ3n) is 8.46. The molecule has 0 amide bonds. The minimum absolute atomic E-state index is 0.898. The Hall–Kier alpha value is -4.00. The zero-order valence-corrected chi connectivity index (χ0v) is 28.3. The predicted molar refractivity (Wildman–Crippen MR) is 188 cm³/mol. The number of hydrogen-bond acceptors (Lipinski definition) is 6. The van der Waals surface area contributed by atoms with Crippen molar-refractivity contribution in [1.82, 2.24) is 9.80 Å². The first-order valence-electron chi connectivity index (χ1n) is 16.5. The molecule has 4 aromatic carbocycles. The highest BCUT2D eigenvalue weighted by molar-refractivity contribution is 5.30. The third kappa shape index (κ3) is 12.1. The molecule has 0 saturated heterocycles. The van der Waals surface area contributed by atoms with E-state index in [1.807, 2.05) is 0 Å². The first-order valence-corrected chi connectivity index (χ1v) is 16.5. The summed E-state index contributed by atoms with van der Waals surface area (Å²) in [7, 11) is 6.86. The maximum Gasteiger partial charge on any atom is 0.118 e. The van der Waals surface area contributed by atoms with E-state index in [1.165, 1.54) is 60.8 Å². The monoisotopic (exact) mass is 624 g/mol. The van der Waals surface area contributed by atoms with Crippen molar-refractivity contribution in [2.75, 3.05) is 41.5 Å². The van der Waals surface area contributed by atoms with E-state index in [2.05, 4.69) is 107 Å². The van der Waals surface area contributed by atoms with Gasteiger partial charge in [0.2, 0.25) is 0 Å². The lowest BCUT2D eigenvalue weighted by Crippen LogP contribution is -2.24. The number of unbranched alkanes of at least 4 members (excludes halogenated alkanes) is 5. The first kappa shape index (κ1) is 34.9. The second-order valence-corrected chi connectivity index (χ2v) is 11.9. The van der Waals surface area contributed by atoms with Crippen LogP contribution < -0.4 is 18.9 Å². The highest BCUT2D eigenvalue weighted by atomic mass is 16.5. The molecule has 0 radical (unpaired) electrons. The number of rotatable bonds is 21. The van der Waals surface area contributed by atoms with Crippen molar-refractivity contribution in [3.05, 3.63) is 119 Å². The number of benzene rings is 4. The fourth-order valence-electron chi connectivity index (χ4n) is 5.76. The second kappa shape index (κ2) is 19.5. The molecule has 0 heterocycles. The van der Waals surface area contributed by atoms with E-state index in [9.17, 15) is 0 Å². The summed E-state index contributed by atoms with van der Waals surface area (Å²) in [4.78, 5) is 5.11. The highest BCUT2D eigenvalue weighted by Gasteiger charge is 2.10. The van der Waals surface area contributed by atoms with Crippen molar-refractivity contribution in [2.24, 2.45) is 0 Å². The zero-order valence-electron chi connectivity index (χ0n) is 28.3. The van der Waals surface area contributed by atoms with E-state index >= 15 is 0 Å². The maximum atomic E-state index is 5.36. The standard InChI is InChI=1S/C40H52N2O4/c1-43-37-19-11-33(12-20-37)29-41(30-34-13-21-38(44-2)22-14-34)27-9-7-5-6-8-10-28-42(31-35-15-23-39(45-3)24-16-35)32-36-17-25-40(46-4)26-18-36/h11-26H,5-10,27-32H2,1-4H3. The number of hydrogen-bond donors (Lipinski definition) is 0. The van der Waals surface area contributed by atoms with E-state index in [1.54, 1.807) is 28.4 Å². The minimum Gasteiger partial charge on any atom is -0.497 e. The van der Waals surface area contributed by atoms with E-state index in [0.717, 1.165) is 62.3 Å². The molecule has 0 fully saturated rings. The Labute approximate surface area is 276 Å². The summed E-state index contributed by atoms with van der Waals surface area (Å²) >= 11 is 0. The van der Waals surface area contributed by atoms with Crippen molar-refractivity contribution in [2.45, 2.75) is 64.7 Å². The van der Waals surface area contributed by atoms with Crippen LogP contribution in [0, 0.1) is 0 Å². The Morgan fingerprint density at radius 1 is 0.326 bits per heavy atom. The van der Waals surface area contributed by atoms with Crippen LogP contribution in [0.2, 0.25) is 0 Å². The van der Waals surface area contributed by atoms with Gasteiger partial charge in [-0.3, -0.25) is 9.80 Å². The van der Waals surface area contributed by atoms with E-state index in [-0.39, 0.29) is 0 Å². The Morgan fingerprint density at radius 2 is 0.543 bits per heavy atom. The van der Waals surface area contributed by atoms with Gasteiger partial charge in [0, 0.05) is 26.2 Å². The fourth-order valence-corrected chi connectivity index (χ4v) is 5.76. The Morgan fingerprint density at radius 3 is 0.761 bits per heavy atom. The quantitative estimate of drug-likeness (QED) is 0.0864. The van der Waals surface area contributed by atoms with Crippen LogP contribution >= 0.6 is 0 Å². The number of ether oxygens (including phenoxy) is 4. The average molecular weight is 625 g/mol. The minimum atomic E-state index is 0.898. The predicted octanol–water partition coefficient (Wildman–Crippen LogP) is 8.77. The van der Waals surface area contributed by atoms with Gasteiger partial charge < -0.3 is 18.9 Å². The molecule has 0 aromatic heterocycles. The van der Waals surface area contributed by atoms with E-state index < -0.39 is 0 Å². The van der Waals surface area contributed by atoms with Crippen molar-refractivity contribution >= 4 is 0 Å². The van der Waals surface area contributed by atoms with Crippen LogP contribution in [-0.2, 0) is 26.2 Å². The number of nitrogens with zero attached hydrogens (tertiary/aromatic N) is 2. The molecule has 0 aliphatic rings. The largest absolute Gasteiger partial charge is 0.497 e. The third-order valence-corrected chi connectivity index (χ3v) is 8.46. The molecule has 0 atom stereocenters. The molecule has 4 rings (SSSR count). The number of methoxy groups -OCH3 is 4. The molecule has 0 saturated carbocycles. The molecular weight excluding hydrogens is 572 g/mol. The molecule has 0 aliphatic carbocycles. The van der Waals surface area contributed by atoms with Crippen LogP contribution in [0.3, 0.4) is 0 Å². The van der Waals surface area contributed by atoms with Gasteiger partial charge in [0.25, 0.3) is 0 Å². The molecule has 6 nitrogen and oxygen atoms in total. The smallest absolute Gasteiger partial charge is 0.118 e. The van der Waals surface area contributed by atoms with E-state index in [0.29, 0.717) is 0 Å². The lowest BCUT2D eigenvalue weighted by Gasteiger charge is -2.23. The van der Waals surface area contributed by atoms with Crippen molar-refractivity contribution in [1.29, 1.82) is 0 Å². The van der Waals surface area contributed by atoms with Crippen LogP contribution in [0.5, 0.6) is 23.0 Å². The van der Waals surface area contributed by atoms with Crippen LogP contribution in [0.4, 0.5) is 0 Å². The van der Waals surface area contributed by atoms with Gasteiger partial charge in [-0.25, -0.2) is 0 Å². The van der Waals surface area contributed by atoms with Gasteiger partial charge in [-0.15, -0.1) is 0 Å². The average Bonchev–Trinajstić information content (AvgIpc) is 3.10.